The first-order valence-electron chi connectivity index (χ1n) is 9.03. The Bertz CT molecular complexity index is 1040. The predicted octanol–water partition coefficient (Wildman–Crippen LogP) is 4.37. The third kappa shape index (κ3) is 6.16. The fourth-order valence-electron chi connectivity index (χ4n) is 2.54. The van der Waals surface area contributed by atoms with Crippen molar-refractivity contribution < 1.29 is 14.2 Å². The SMILES string of the molecule is COc1cccc(NC(=S)N/N=C/c2ccc(OCc3csc(C)n3)c(OC)c2)c1. The molecule has 0 amide bonds. The Morgan fingerprint density at radius 2 is 2.03 bits per heavy atom. The number of nitrogens with zero attached hydrogens (tertiary/aromatic N) is 2. The minimum atomic E-state index is 0.366. The number of hydrogen-bond donors (Lipinski definition) is 2. The van der Waals surface area contributed by atoms with Crippen molar-refractivity contribution in [2.24, 2.45) is 5.10 Å². The Hall–Kier alpha value is -3.17. The lowest BCUT2D eigenvalue weighted by Crippen LogP contribution is -2.23. The van der Waals surface area contributed by atoms with Gasteiger partial charge in [-0.25, -0.2) is 4.98 Å². The zero-order chi connectivity index (χ0) is 21.3. The van der Waals surface area contributed by atoms with E-state index in [0.29, 0.717) is 23.2 Å². The summed E-state index contributed by atoms with van der Waals surface area (Å²) in [6.45, 7) is 2.36. The highest BCUT2D eigenvalue weighted by Gasteiger charge is 2.07. The maximum Gasteiger partial charge on any atom is 0.191 e. The number of aromatic nitrogens is 1. The van der Waals surface area contributed by atoms with Crippen LogP contribution < -0.4 is 25.0 Å². The molecule has 3 rings (SSSR count). The molecule has 156 valence electrons. The molecule has 2 N–H and O–H groups in total. The standard InChI is InChI=1S/C21H22N4O3S2/c1-14-23-17(13-30-14)12-28-19-8-7-15(9-20(19)27-3)11-22-25-21(29)24-16-5-4-6-18(10-16)26-2/h4-11,13H,12H2,1-3H3,(H2,24,25,29)/b22-11+. The van der Waals surface area contributed by atoms with Gasteiger partial charge in [0.05, 0.1) is 31.1 Å². The van der Waals surface area contributed by atoms with Crippen LogP contribution in [0.3, 0.4) is 0 Å². The van der Waals surface area contributed by atoms with E-state index in [1.165, 1.54) is 0 Å². The average molecular weight is 443 g/mol. The Morgan fingerprint density at radius 1 is 1.17 bits per heavy atom. The molecule has 1 heterocycles. The van der Waals surface area contributed by atoms with Crippen LogP contribution in [0.25, 0.3) is 0 Å². The molecule has 0 aliphatic carbocycles. The maximum absolute atomic E-state index is 5.83. The van der Waals surface area contributed by atoms with Gasteiger partial charge in [0.15, 0.2) is 16.6 Å². The number of ether oxygens (including phenoxy) is 3. The molecule has 9 heteroatoms. The van der Waals surface area contributed by atoms with Crippen molar-refractivity contribution >= 4 is 40.6 Å². The summed E-state index contributed by atoms with van der Waals surface area (Å²) in [5.74, 6) is 2.00. The molecule has 0 saturated heterocycles. The van der Waals surface area contributed by atoms with E-state index in [0.717, 1.165) is 27.7 Å². The minimum Gasteiger partial charge on any atom is -0.497 e. The second kappa shape index (κ2) is 10.6. The molecule has 0 unspecified atom stereocenters. The molecule has 3 aromatic rings. The normalized spacial score (nSPS) is 10.6. The number of hydrogen-bond acceptors (Lipinski definition) is 7. The lowest BCUT2D eigenvalue weighted by Gasteiger charge is -2.10. The summed E-state index contributed by atoms with van der Waals surface area (Å²) in [5, 5.41) is 10.6. The highest BCUT2D eigenvalue weighted by molar-refractivity contribution is 7.80. The molecule has 0 spiro atoms. The maximum atomic E-state index is 5.83. The molecule has 0 atom stereocenters. The number of anilines is 1. The van der Waals surface area contributed by atoms with Crippen LogP contribution >= 0.6 is 23.6 Å². The lowest BCUT2D eigenvalue weighted by atomic mass is 10.2. The first-order valence-corrected chi connectivity index (χ1v) is 10.3. The lowest BCUT2D eigenvalue weighted by molar-refractivity contribution is 0.281. The van der Waals surface area contributed by atoms with Crippen LogP contribution in [0.1, 0.15) is 16.3 Å². The van der Waals surface area contributed by atoms with Crippen molar-refractivity contribution in [1.82, 2.24) is 10.4 Å². The van der Waals surface area contributed by atoms with E-state index in [1.54, 1.807) is 31.8 Å². The van der Waals surface area contributed by atoms with E-state index in [-0.39, 0.29) is 0 Å². The van der Waals surface area contributed by atoms with E-state index < -0.39 is 0 Å². The molecular formula is C21H22N4O3S2. The van der Waals surface area contributed by atoms with Gasteiger partial charge in [0, 0.05) is 17.1 Å². The Morgan fingerprint density at radius 3 is 2.77 bits per heavy atom. The van der Waals surface area contributed by atoms with E-state index in [2.05, 4.69) is 20.8 Å². The van der Waals surface area contributed by atoms with E-state index in [9.17, 15) is 0 Å². The summed E-state index contributed by atoms with van der Waals surface area (Å²) >= 11 is 6.85. The third-order valence-electron chi connectivity index (χ3n) is 3.94. The molecule has 0 radical (unpaired) electrons. The Labute approximate surface area is 184 Å². The summed E-state index contributed by atoms with van der Waals surface area (Å²) < 4.78 is 16.5. The highest BCUT2D eigenvalue weighted by Crippen LogP contribution is 2.28. The van der Waals surface area contributed by atoms with Crippen LogP contribution in [0.4, 0.5) is 5.69 Å². The van der Waals surface area contributed by atoms with Gasteiger partial charge >= 0.3 is 0 Å². The van der Waals surface area contributed by atoms with Gasteiger partial charge in [-0.2, -0.15) is 5.10 Å². The van der Waals surface area contributed by atoms with Gasteiger partial charge < -0.3 is 19.5 Å². The third-order valence-corrected chi connectivity index (χ3v) is 4.95. The monoisotopic (exact) mass is 442 g/mol. The fourth-order valence-corrected chi connectivity index (χ4v) is 3.30. The fraction of sp³-hybridized carbons (Fsp3) is 0.190. The molecule has 1 aromatic heterocycles. The van der Waals surface area contributed by atoms with Gasteiger partial charge in [-0.1, -0.05) is 6.07 Å². The summed E-state index contributed by atoms with van der Waals surface area (Å²) in [5.41, 5.74) is 5.32. The number of hydrazone groups is 1. The van der Waals surface area contributed by atoms with Crippen LogP contribution in [0.2, 0.25) is 0 Å². The number of rotatable bonds is 8. The summed E-state index contributed by atoms with van der Waals surface area (Å²) in [4.78, 5) is 4.39. The Kier molecular flexibility index (Phi) is 7.58. The van der Waals surface area contributed by atoms with Crippen molar-refractivity contribution in [3.8, 4) is 17.2 Å². The largest absolute Gasteiger partial charge is 0.497 e. The second-order valence-corrected chi connectivity index (χ2v) is 7.58. The van der Waals surface area contributed by atoms with Gasteiger partial charge in [-0.3, -0.25) is 5.43 Å². The number of aryl methyl sites for hydroxylation is 1. The Balaban J connectivity index is 1.56. The van der Waals surface area contributed by atoms with Crippen LogP contribution in [-0.4, -0.2) is 30.5 Å². The summed E-state index contributed by atoms with van der Waals surface area (Å²) in [7, 11) is 3.21. The zero-order valence-electron chi connectivity index (χ0n) is 16.8. The van der Waals surface area contributed by atoms with Crippen molar-refractivity contribution in [3.05, 3.63) is 64.1 Å². The van der Waals surface area contributed by atoms with Crippen LogP contribution in [0.15, 0.2) is 52.9 Å². The molecule has 0 saturated carbocycles. The van der Waals surface area contributed by atoms with Gasteiger partial charge in [-0.05, 0) is 55.0 Å². The molecule has 7 nitrogen and oxygen atoms in total. The molecule has 30 heavy (non-hydrogen) atoms. The predicted molar refractivity (Wildman–Crippen MR) is 124 cm³/mol. The van der Waals surface area contributed by atoms with Crippen LogP contribution in [0.5, 0.6) is 17.2 Å². The number of thiocarbonyl (C=S) groups is 1. The van der Waals surface area contributed by atoms with Crippen molar-refractivity contribution in [3.63, 3.8) is 0 Å². The molecule has 2 aromatic carbocycles. The quantitative estimate of drug-likeness (QED) is 0.305. The minimum absolute atomic E-state index is 0.366. The van der Waals surface area contributed by atoms with E-state index >= 15 is 0 Å². The van der Waals surface area contributed by atoms with Gasteiger partial charge in [0.25, 0.3) is 0 Å². The number of nitrogens with one attached hydrogen (secondary N) is 2. The number of methoxy groups -OCH3 is 2. The van der Waals surface area contributed by atoms with Crippen LogP contribution in [0, 0.1) is 6.92 Å². The summed E-state index contributed by atoms with van der Waals surface area (Å²) in [6, 6.07) is 13.0. The number of benzene rings is 2. The highest BCUT2D eigenvalue weighted by atomic mass is 32.1. The second-order valence-electron chi connectivity index (χ2n) is 6.11. The van der Waals surface area contributed by atoms with Crippen molar-refractivity contribution in [2.45, 2.75) is 13.5 Å². The first kappa shape index (κ1) is 21.5. The van der Waals surface area contributed by atoms with Crippen molar-refractivity contribution in [2.75, 3.05) is 19.5 Å². The van der Waals surface area contributed by atoms with Gasteiger partial charge in [0.2, 0.25) is 0 Å². The average Bonchev–Trinajstić information content (AvgIpc) is 3.17. The van der Waals surface area contributed by atoms with Crippen LogP contribution in [-0.2, 0) is 6.61 Å². The smallest absolute Gasteiger partial charge is 0.191 e. The molecule has 0 bridgehead atoms. The van der Waals surface area contributed by atoms with E-state index in [1.807, 2.05) is 54.8 Å². The zero-order valence-corrected chi connectivity index (χ0v) is 18.5. The number of thiazole rings is 1. The van der Waals surface area contributed by atoms with Gasteiger partial charge in [-0.15, -0.1) is 11.3 Å². The topological polar surface area (TPSA) is 77.0 Å². The van der Waals surface area contributed by atoms with Gasteiger partial charge in [0.1, 0.15) is 12.4 Å². The molecule has 0 aliphatic rings. The molecular weight excluding hydrogens is 420 g/mol. The molecule has 0 fully saturated rings. The summed E-state index contributed by atoms with van der Waals surface area (Å²) in [6.07, 6.45) is 1.65. The van der Waals surface area contributed by atoms with E-state index in [4.69, 9.17) is 26.4 Å². The van der Waals surface area contributed by atoms with Crippen molar-refractivity contribution in [1.29, 1.82) is 0 Å². The molecule has 0 aliphatic heterocycles. The first-order chi connectivity index (χ1) is 14.6.